The smallest absolute Gasteiger partial charge is 0.0726 e. The van der Waals surface area contributed by atoms with Gasteiger partial charge in [0.2, 0.25) is 0 Å². The van der Waals surface area contributed by atoms with E-state index in [9.17, 15) is 0 Å². The molecule has 94 valence electrons. The number of benzene rings is 2. The summed E-state index contributed by atoms with van der Waals surface area (Å²) in [7, 11) is 0. The molecule has 1 N–H and O–H groups in total. The number of hydrogen-bond acceptors (Lipinski definition) is 2. The number of pyridine rings is 1. The van der Waals surface area contributed by atoms with Crippen LogP contribution in [0, 0.1) is 13.8 Å². The van der Waals surface area contributed by atoms with E-state index in [1.807, 2.05) is 25.1 Å². The molecular formula is C17H16N2. The number of nitrogens with zero attached hydrogens (tertiary/aromatic N) is 1. The van der Waals surface area contributed by atoms with Crippen LogP contribution in [0.5, 0.6) is 0 Å². The van der Waals surface area contributed by atoms with Gasteiger partial charge in [-0.2, -0.15) is 0 Å². The Balaban J connectivity index is 2.07. The van der Waals surface area contributed by atoms with Gasteiger partial charge in [0, 0.05) is 22.5 Å². The van der Waals surface area contributed by atoms with E-state index in [0.29, 0.717) is 0 Å². The summed E-state index contributed by atoms with van der Waals surface area (Å²) in [5, 5.41) is 4.62. The molecule has 0 saturated carbocycles. The van der Waals surface area contributed by atoms with Gasteiger partial charge in [-0.15, -0.1) is 0 Å². The summed E-state index contributed by atoms with van der Waals surface area (Å²) in [5.41, 5.74) is 5.51. The van der Waals surface area contributed by atoms with Crippen molar-refractivity contribution < 1.29 is 0 Å². The molecular weight excluding hydrogens is 232 g/mol. The summed E-state index contributed by atoms with van der Waals surface area (Å²) >= 11 is 0. The van der Waals surface area contributed by atoms with E-state index in [2.05, 4.69) is 53.6 Å². The highest BCUT2D eigenvalue weighted by atomic mass is 14.9. The Morgan fingerprint density at radius 3 is 2.42 bits per heavy atom. The Kier molecular flexibility index (Phi) is 2.92. The van der Waals surface area contributed by atoms with Gasteiger partial charge >= 0.3 is 0 Å². The van der Waals surface area contributed by atoms with Gasteiger partial charge in [-0.25, -0.2) is 0 Å². The summed E-state index contributed by atoms with van der Waals surface area (Å²) in [6.45, 7) is 4.11. The maximum Gasteiger partial charge on any atom is 0.0726 e. The normalized spacial score (nSPS) is 10.6. The van der Waals surface area contributed by atoms with Crippen LogP contribution in [0.4, 0.5) is 11.4 Å². The summed E-state index contributed by atoms with van der Waals surface area (Å²) in [6, 6.07) is 18.7. The Labute approximate surface area is 113 Å². The van der Waals surface area contributed by atoms with Crippen molar-refractivity contribution in [3.8, 4) is 0 Å². The lowest BCUT2D eigenvalue weighted by Gasteiger charge is -2.11. The summed E-state index contributed by atoms with van der Waals surface area (Å²) in [6.07, 6.45) is 0. The molecule has 2 nitrogen and oxygen atoms in total. The lowest BCUT2D eigenvalue weighted by atomic mass is 10.1. The van der Waals surface area contributed by atoms with E-state index in [-0.39, 0.29) is 0 Å². The standard InChI is InChI=1S/C17H16N2/c1-12-7-9-14(10-8-12)19-17-11-13(2)18-16-6-4-3-5-15(16)17/h3-11H,1-2H3,(H,18,19). The van der Waals surface area contributed by atoms with Crippen molar-refractivity contribution in [1.29, 1.82) is 0 Å². The molecule has 0 aliphatic rings. The Morgan fingerprint density at radius 1 is 0.895 bits per heavy atom. The quantitative estimate of drug-likeness (QED) is 0.717. The Hall–Kier alpha value is -2.35. The van der Waals surface area contributed by atoms with E-state index in [4.69, 9.17) is 0 Å². The predicted octanol–water partition coefficient (Wildman–Crippen LogP) is 4.60. The van der Waals surface area contributed by atoms with Crippen LogP contribution >= 0.6 is 0 Å². The fourth-order valence-electron chi connectivity index (χ4n) is 2.20. The van der Waals surface area contributed by atoms with Crippen molar-refractivity contribution in [3.63, 3.8) is 0 Å². The average Bonchev–Trinajstić information content (AvgIpc) is 2.41. The van der Waals surface area contributed by atoms with Gasteiger partial charge in [0.15, 0.2) is 0 Å². The number of nitrogens with one attached hydrogen (secondary N) is 1. The number of rotatable bonds is 2. The number of aromatic nitrogens is 1. The van der Waals surface area contributed by atoms with Crippen LogP contribution in [0.25, 0.3) is 10.9 Å². The Bertz CT molecular complexity index is 715. The molecule has 19 heavy (non-hydrogen) atoms. The summed E-state index contributed by atoms with van der Waals surface area (Å²) in [4.78, 5) is 4.55. The van der Waals surface area contributed by atoms with E-state index in [1.54, 1.807) is 0 Å². The third-order valence-corrected chi connectivity index (χ3v) is 3.17. The van der Waals surface area contributed by atoms with Gasteiger partial charge in [0.1, 0.15) is 0 Å². The van der Waals surface area contributed by atoms with Crippen LogP contribution in [-0.4, -0.2) is 4.98 Å². The van der Waals surface area contributed by atoms with E-state index < -0.39 is 0 Å². The van der Waals surface area contributed by atoms with Gasteiger partial charge in [-0.05, 0) is 38.1 Å². The predicted molar refractivity (Wildman–Crippen MR) is 80.9 cm³/mol. The zero-order chi connectivity index (χ0) is 13.2. The molecule has 0 unspecified atom stereocenters. The fraction of sp³-hybridized carbons (Fsp3) is 0.118. The third-order valence-electron chi connectivity index (χ3n) is 3.17. The first-order valence-corrected chi connectivity index (χ1v) is 6.42. The molecule has 1 aromatic heterocycles. The first-order valence-electron chi connectivity index (χ1n) is 6.42. The highest BCUT2D eigenvalue weighted by molar-refractivity contribution is 5.93. The van der Waals surface area contributed by atoms with Gasteiger partial charge in [-0.3, -0.25) is 4.98 Å². The minimum absolute atomic E-state index is 1.02. The third kappa shape index (κ3) is 2.43. The van der Waals surface area contributed by atoms with Crippen LogP contribution in [0.1, 0.15) is 11.3 Å². The van der Waals surface area contributed by atoms with Crippen LogP contribution < -0.4 is 5.32 Å². The molecule has 3 rings (SSSR count). The van der Waals surface area contributed by atoms with Crippen LogP contribution in [-0.2, 0) is 0 Å². The first kappa shape index (κ1) is 11.7. The number of para-hydroxylation sites is 1. The molecule has 3 aromatic rings. The van der Waals surface area contributed by atoms with E-state index in [0.717, 1.165) is 28.0 Å². The maximum atomic E-state index is 4.55. The SMILES string of the molecule is Cc1ccc(Nc2cc(C)nc3ccccc23)cc1. The largest absolute Gasteiger partial charge is 0.355 e. The van der Waals surface area contributed by atoms with Gasteiger partial charge in [0.25, 0.3) is 0 Å². The van der Waals surface area contributed by atoms with Crippen molar-refractivity contribution in [2.75, 3.05) is 5.32 Å². The molecule has 0 bridgehead atoms. The van der Waals surface area contributed by atoms with Crippen molar-refractivity contribution >= 4 is 22.3 Å². The molecule has 1 heterocycles. The summed E-state index contributed by atoms with van der Waals surface area (Å²) < 4.78 is 0. The zero-order valence-corrected chi connectivity index (χ0v) is 11.1. The van der Waals surface area contributed by atoms with Gasteiger partial charge in [0.05, 0.1) is 5.52 Å². The van der Waals surface area contributed by atoms with Gasteiger partial charge < -0.3 is 5.32 Å². The second-order valence-electron chi connectivity index (χ2n) is 4.82. The van der Waals surface area contributed by atoms with Crippen LogP contribution in [0.2, 0.25) is 0 Å². The number of aryl methyl sites for hydroxylation is 2. The molecule has 0 amide bonds. The molecule has 2 heteroatoms. The molecule has 0 radical (unpaired) electrons. The molecule has 0 aliphatic carbocycles. The lowest BCUT2D eigenvalue weighted by molar-refractivity contribution is 1.25. The van der Waals surface area contributed by atoms with Crippen LogP contribution in [0.3, 0.4) is 0 Å². The molecule has 0 fully saturated rings. The van der Waals surface area contributed by atoms with E-state index in [1.165, 1.54) is 5.56 Å². The highest BCUT2D eigenvalue weighted by Gasteiger charge is 2.03. The first-order chi connectivity index (χ1) is 9.22. The minimum atomic E-state index is 1.02. The number of hydrogen-bond donors (Lipinski definition) is 1. The average molecular weight is 248 g/mol. The maximum absolute atomic E-state index is 4.55. The number of anilines is 2. The van der Waals surface area contributed by atoms with Crippen LogP contribution in [0.15, 0.2) is 54.6 Å². The number of fused-ring (bicyclic) bond motifs is 1. The molecule has 0 aliphatic heterocycles. The van der Waals surface area contributed by atoms with Crippen molar-refractivity contribution in [1.82, 2.24) is 4.98 Å². The van der Waals surface area contributed by atoms with E-state index >= 15 is 0 Å². The monoisotopic (exact) mass is 248 g/mol. The molecule has 0 saturated heterocycles. The van der Waals surface area contributed by atoms with Crippen molar-refractivity contribution in [2.24, 2.45) is 0 Å². The second-order valence-corrected chi connectivity index (χ2v) is 4.82. The fourth-order valence-corrected chi connectivity index (χ4v) is 2.20. The van der Waals surface area contributed by atoms with Gasteiger partial charge in [-0.1, -0.05) is 35.9 Å². The topological polar surface area (TPSA) is 24.9 Å². The molecule has 2 aromatic carbocycles. The summed E-state index contributed by atoms with van der Waals surface area (Å²) in [5.74, 6) is 0. The van der Waals surface area contributed by atoms with Crippen molar-refractivity contribution in [2.45, 2.75) is 13.8 Å². The zero-order valence-electron chi connectivity index (χ0n) is 11.1. The minimum Gasteiger partial charge on any atom is -0.355 e. The second kappa shape index (κ2) is 4.73. The molecule has 0 spiro atoms. The van der Waals surface area contributed by atoms with Crippen molar-refractivity contribution in [3.05, 3.63) is 65.9 Å². The highest BCUT2D eigenvalue weighted by Crippen LogP contribution is 2.26. The Morgan fingerprint density at radius 2 is 1.63 bits per heavy atom. The lowest BCUT2D eigenvalue weighted by Crippen LogP contribution is -1.94. The molecule has 0 atom stereocenters.